The zero-order chi connectivity index (χ0) is 15.2. The number of benzene rings is 1. The first kappa shape index (κ1) is 14.2. The van der Waals surface area contributed by atoms with E-state index in [2.05, 4.69) is 0 Å². The van der Waals surface area contributed by atoms with Crippen LogP contribution in [0, 0.1) is 5.82 Å². The predicted octanol–water partition coefficient (Wildman–Crippen LogP) is 2.22. The Morgan fingerprint density at radius 2 is 1.68 bits per heavy atom. The van der Waals surface area contributed by atoms with Crippen LogP contribution in [0.2, 0.25) is 0 Å². The average molecular weight is 305 g/mol. The van der Waals surface area contributed by atoms with Crippen LogP contribution in [0.15, 0.2) is 24.3 Å². The Kier molecular flexibility index (Phi) is 3.24. The van der Waals surface area contributed by atoms with Gasteiger partial charge >= 0.3 is 0 Å². The molecule has 0 unspecified atom stereocenters. The SMILES string of the molecule is O=C(N1CCC2(CC1)OCCO2)C1(c2ccccc2F)CC1. The van der Waals surface area contributed by atoms with Crippen molar-refractivity contribution in [3.63, 3.8) is 0 Å². The number of likely N-dealkylation sites (tertiary alicyclic amines) is 1. The number of carbonyl (C=O) groups is 1. The molecule has 4 nitrogen and oxygen atoms in total. The summed E-state index contributed by atoms with van der Waals surface area (Å²) < 4.78 is 25.5. The van der Waals surface area contributed by atoms with E-state index in [0.29, 0.717) is 44.7 Å². The maximum absolute atomic E-state index is 14.1. The second-order valence-electron chi connectivity index (χ2n) is 6.46. The van der Waals surface area contributed by atoms with E-state index >= 15 is 0 Å². The van der Waals surface area contributed by atoms with Crippen LogP contribution in [0.5, 0.6) is 0 Å². The van der Waals surface area contributed by atoms with Crippen LogP contribution in [0.3, 0.4) is 0 Å². The highest BCUT2D eigenvalue weighted by Crippen LogP contribution is 2.51. The van der Waals surface area contributed by atoms with E-state index in [4.69, 9.17) is 9.47 Å². The Morgan fingerprint density at radius 1 is 1.05 bits per heavy atom. The molecule has 0 N–H and O–H groups in total. The fraction of sp³-hybridized carbons (Fsp3) is 0.588. The third-order valence-electron chi connectivity index (χ3n) is 5.17. The molecule has 1 saturated carbocycles. The molecule has 1 aromatic carbocycles. The lowest BCUT2D eigenvalue weighted by Gasteiger charge is -2.39. The van der Waals surface area contributed by atoms with E-state index in [1.807, 2.05) is 4.90 Å². The second-order valence-corrected chi connectivity index (χ2v) is 6.46. The van der Waals surface area contributed by atoms with Crippen molar-refractivity contribution in [2.75, 3.05) is 26.3 Å². The maximum atomic E-state index is 14.1. The highest BCUT2D eigenvalue weighted by molar-refractivity contribution is 5.91. The number of rotatable bonds is 2. The van der Waals surface area contributed by atoms with E-state index in [-0.39, 0.29) is 11.7 Å². The van der Waals surface area contributed by atoms with Crippen LogP contribution in [-0.4, -0.2) is 42.9 Å². The van der Waals surface area contributed by atoms with Crippen molar-refractivity contribution in [3.8, 4) is 0 Å². The summed E-state index contributed by atoms with van der Waals surface area (Å²) in [5.41, 5.74) is -0.0820. The lowest BCUT2D eigenvalue weighted by atomic mass is 9.92. The van der Waals surface area contributed by atoms with Gasteiger partial charge in [0.25, 0.3) is 0 Å². The van der Waals surface area contributed by atoms with Gasteiger partial charge in [-0.3, -0.25) is 4.79 Å². The zero-order valence-electron chi connectivity index (χ0n) is 12.5. The van der Waals surface area contributed by atoms with Crippen molar-refractivity contribution in [1.82, 2.24) is 4.90 Å². The molecule has 2 saturated heterocycles. The second kappa shape index (κ2) is 5.03. The van der Waals surface area contributed by atoms with Gasteiger partial charge in [-0.15, -0.1) is 0 Å². The number of amides is 1. The molecule has 118 valence electrons. The smallest absolute Gasteiger partial charge is 0.233 e. The molecule has 1 aliphatic carbocycles. The number of halogens is 1. The highest BCUT2D eigenvalue weighted by atomic mass is 19.1. The number of hydrogen-bond donors (Lipinski definition) is 0. The fourth-order valence-electron chi connectivity index (χ4n) is 3.71. The van der Waals surface area contributed by atoms with E-state index in [1.54, 1.807) is 18.2 Å². The molecule has 5 heteroatoms. The summed E-state index contributed by atoms with van der Waals surface area (Å²) in [6.07, 6.45) is 2.88. The van der Waals surface area contributed by atoms with Gasteiger partial charge in [0.05, 0.1) is 18.6 Å². The molecular formula is C17H20FNO3. The summed E-state index contributed by atoms with van der Waals surface area (Å²) in [6, 6.07) is 6.65. The molecule has 4 rings (SSSR count). The van der Waals surface area contributed by atoms with E-state index in [0.717, 1.165) is 12.8 Å². The van der Waals surface area contributed by atoms with Crippen LogP contribution in [0.1, 0.15) is 31.2 Å². The minimum Gasteiger partial charge on any atom is -0.347 e. The van der Waals surface area contributed by atoms with Gasteiger partial charge in [0.2, 0.25) is 5.91 Å². The minimum absolute atomic E-state index is 0.0606. The van der Waals surface area contributed by atoms with Crippen molar-refractivity contribution in [1.29, 1.82) is 0 Å². The van der Waals surface area contributed by atoms with Crippen molar-refractivity contribution < 1.29 is 18.7 Å². The predicted molar refractivity (Wildman–Crippen MR) is 77.8 cm³/mol. The van der Waals surface area contributed by atoms with Crippen LogP contribution in [0.25, 0.3) is 0 Å². The lowest BCUT2D eigenvalue weighted by Crippen LogP contribution is -2.50. The minimum atomic E-state index is -0.632. The number of nitrogens with zero attached hydrogens (tertiary/aromatic N) is 1. The summed E-state index contributed by atoms with van der Waals surface area (Å²) >= 11 is 0. The molecule has 2 heterocycles. The third kappa shape index (κ3) is 2.15. The number of carbonyl (C=O) groups excluding carboxylic acids is 1. The normalized spacial score (nSPS) is 25.4. The molecule has 2 aliphatic heterocycles. The molecule has 0 radical (unpaired) electrons. The van der Waals surface area contributed by atoms with Gasteiger partial charge in [-0.2, -0.15) is 0 Å². The van der Waals surface area contributed by atoms with Gasteiger partial charge in [0.1, 0.15) is 5.82 Å². The Labute approximate surface area is 129 Å². The Balaban J connectivity index is 1.50. The van der Waals surface area contributed by atoms with Crippen molar-refractivity contribution in [2.24, 2.45) is 0 Å². The van der Waals surface area contributed by atoms with Gasteiger partial charge in [-0.25, -0.2) is 4.39 Å². The molecular weight excluding hydrogens is 285 g/mol. The van der Waals surface area contributed by atoms with Crippen LogP contribution in [-0.2, 0) is 19.7 Å². The molecule has 0 bridgehead atoms. The first-order valence-electron chi connectivity index (χ1n) is 7.98. The van der Waals surface area contributed by atoms with Gasteiger partial charge in [0, 0.05) is 31.5 Å². The molecule has 3 fully saturated rings. The molecule has 0 aromatic heterocycles. The maximum Gasteiger partial charge on any atom is 0.233 e. The number of piperidine rings is 1. The summed E-state index contributed by atoms with van der Waals surface area (Å²) in [6.45, 7) is 2.50. The third-order valence-corrected chi connectivity index (χ3v) is 5.17. The fourth-order valence-corrected chi connectivity index (χ4v) is 3.71. The first-order valence-corrected chi connectivity index (χ1v) is 7.98. The Bertz CT molecular complexity index is 583. The van der Waals surface area contributed by atoms with Crippen molar-refractivity contribution in [2.45, 2.75) is 36.9 Å². The van der Waals surface area contributed by atoms with Gasteiger partial charge in [-0.1, -0.05) is 18.2 Å². The quantitative estimate of drug-likeness (QED) is 0.841. The standard InChI is InChI=1S/C17H20FNO3/c18-14-4-2-1-3-13(14)16(5-6-16)15(20)19-9-7-17(8-10-19)21-11-12-22-17/h1-4H,5-12H2. The highest BCUT2D eigenvalue weighted by Gasteiger charge is 2.55. The van der Waals surface area contributed by atoms with Gasteiger partial charge in [0.15, 0.2) is 5.79 Å². The van der Waals surface area contributed by atoms with Crippen LogP contribution < -0.4 is 0 Å². The summed E-state index contributed by atoms with van der Waals surface area (Å²) in [7, 11) is 0. The summed E-state index contributed by atoms with van der Waals surface area (Å²) in [4.78, 5) is 14.8. The molecule has 1 amide bonds. The van der Waals surface area contributed by atoms with Crippen LogP contribution >= 0.6 is 0 Å². The van der Waals surface area contributed by atoms with Gasteiger partial charge < -0.3 is 14.4 Å². The monoisotopic (exact) mass is 305 g/mol. The first-order chi connectivity index (χ1) is 10.7. The zero-order valence-corrected chi connectivity index (χ0v) is 12.5. The van der Waals surface area contributed by atoms with E-state index in [9.17, 15) is 9.18 Å². The largest absolute Gasteiger partial charge is 0.347 e. The number of ether oxygens (including phenoxy) is 2. The molecule has 1 aromatic rings. The molecule has 1 spiro atoms. The Morgan fingerprint density at radius 3 is 2.27 bits per heavy atom. The molecule has 3 aliphatic rings. The average Bonchev–Trinajstić information content (AvgIpc) is 3.23. The molecule has 0 atom stereocenters. The molecule has 22 heavy (non-hydrogen) atoms. The van der Waals surface area contributed by atoms with E-state index < -0.39 is 11.2 Å². The van der Waals surface area contributed by atoms with Crippen molar-refractivity contribution >= 4 is 5.91 Å². The van der Waals surface area contributed by atoms with Crippen molar-refractivity contribution in [3.05, 3.63) is 35.6 Å². The number of hydrogen-bond acceptors (Lipinski definition) is 3. The Hall–Kier alpha value is -1.46. The topological polar surface area (TPSA) is 38.8 Å². The van der Waals surface area contributed by atoms with Crippen LogP contribution in [0.4, 0.5) is 4.39 Å². The summed E-state index contributed by atoms with van der Waals surface area (Å²) in [5, 5.41) is 0. The lowest BCUT2D eigenvalue weighted by molar-refractivity contribution is -0.188. The van der Waals surface area contributed by atoms with E-state index in [1.165, 1.54) is 6.07 Å². The summed E-state index contributed by atoms with van der Waals surface area (Å²) in [5.74, 6) is -0.694. The van der Waals surface area contributed by atoms with Gasteiger partial charge in [-0.05, 0) is 18.9 Å².